The number of nitro benzene ring substituents is 1. The summed E-state index contributed by atoms with van der Waals surface area (Å²) in [6.07, 6.45) is 4.27. The standard InChI is InChI=1S/C18H12FN3O4/c19-13-4-2-5-14(10-13)20-11-16-18(23)26-17(21-16)8-7-12-3-1-6-15(9-12)22(24)25/h1-11,23H/b8-7+,20-11?. The van der Waals surface area contributed by atoms with Gasteiger partial charge in [0.25, 0.3) is 5.69 Å². The number of nitro groups is 1. The van der Waals surface area contributed by atoms with E-state index in [1.165, 1.54) is 42.6 Å². The Labute approximate surface area is 146 Å². The predicted octanol–water partition coefficient (Wildman–Crippen LogP) is 4.35. The number of hydrogen-bond donors (Lipinski definition) is 1. The van der Waals surface area contributed by atoms with Gasteiger partial charge in [0.1, 0.15) is 5.82 Å². The molecule has 3 aromatic rings. The van der Waals surface area contributed by atoms with Crippen LogP contribution in [0, 0.1) is 15.9 Å². The van der Waals surface area contributed by atoms with Gasteiger partial charge in [-0.2, -0.15) is 0 Å². The van der Waals surface area contributed by atoms with Crippen LogP contribution in [0.15, 0.2) is 57.9 Å². The zero-order valence-corrected chi connectivity index (χ0v) is 13.2. The number of non-ortho nitro benzene ring substituents is 1. The lowest BCUT2D eigenvalue weighted by Crippen LogP contribution is -1.87. The number of benzene rings is 2. The first kappa shape index (κ1) is 17.0. The Bertz CT molecular complexity index is 1010. The van der Waals surface area contributed by atoms with E-state index in [0.29, 0.717) is 11.3 Å². The molecule has 0 atom stereocenters. The van der Waals surface area contributed by atoms with Gasteiger partial charge >= 0.3 is 5.95 Å². The van der Waals surface area contributed by atoms with Gasteiger partial charge in [-0.1, -0.05) is 18.2 Å². The molecule has 2 aromatic carbocycles. The lowest BCUT2D eigenvalue weighted by Gasteiger charge is -1.93. The number of aliphatic imine (C=N–C) groups is 1. The molecule has 130 valence electrons. The Hall–Kier alpha value is -3.81. The Balaban J connectivity index is 1.77. The third-order valence-corrected chi connectivity index (χ3v) is 3.29. The molecule has 0 radical (unpaired) electrons. The summed E-state index contributed by atoms with van der Waals surface area (Å²) < 4.78 is 18.2. The lowest BCUT2D eigenvalue weighted by molar-refractivity contribution is -0.384. The molecule has 1 N–H and O–H groups in total. The van der Waals surface area contributed by atoms with Crippen LogP contribution in [-0.2, 0) is 0 Å². The first-order valence-corrected chi connectivity index (χ1v) is 7.43. The summed E-state index contributed by atoms with van der Waals surface area (Å²) in [5.41, 5.74) is 0.978. The van der Waals surface area contributed by atoms with E-state index >= 15 is 0 Å². The van der Waals surface area contributed by atoms with Crippen molar-refractivity contribution < 1.29 is 18.8 Å². The molecule has 0 spiro atoms. The fourth-order valence-corrected chi connectivity index (χ4v) is 2.10. The lowest BCUT2D eigenvalue weighted by atomic mass is 10.2. The normalized spacial score (nSPS) is 11.4. The summed E-state index contributed by atoms with van der Waals surface area (Å²) in [4.78, 5) is 18.3. The van der Waals surface area contributed by atoms with Gasteiger partial charge in [0.2, 0.25) is 5.89 Å². The minimum atomic E-state index is -0.491. The second-order valence-electron chi connectivity index (χ2n) is 5.17. The van der Waals surface area contributed by atoms with Gasteiger partial charge < -0.3 is 9.52 Å². The molecule has 0 bridgehead atoms. The number of oxazole rings is 1. The van der Waals surface area contributed by atoms with Crippen molar-refractivity contribution in [3.05, 3.63) is 81.6 Å². The Kier molecular flexibility index (Phi) is 4.84. The average molecular weight is 353 g/mol. The molecule has 8 heteroatoms. The maximum atomic E-state index is 13.1. The van der Waals surface area contributed by atoms with Crippen molar-refractivity contribution in [1.82, 2.24) is 4.98 Å². The van der Waals surface area contributed by atoms with Gasteiger partial charge in [0, 0.05) is 18.2 Å². The molecule has 0 aliphatic rings. The van der Waals surface area contributed by atoms with Gasteiger partial charge in [-0.25, -0.2) is 9.37 Å². The van der Waals surface area contributed by atoms with E-state index in [9.17, 15) is 19.6 Å². The Morgan fingerprint density at radius 2 is 2.00 bits per heavy atom. The number of aromatic hydroxyl groups is 1. The van der Waals surface area contributed by atoms with Crippen LogP contribution in [0.2, 0.25) is 0 Å². The molecular weight excluding hydrogens is 341 g/mol. The largest absolute Gasteiger partial charge is 0.479 e. The SMILES string of the molecule is O=[N+]([O-])c1cccc(/C=C/c2nc(C=Nc3cccc(F)c3)c(O)o2)c1. The Morgan fingerprint density at radius 3 is 2.77 bits per heavy atom. The fourth-order valence-electron chi connectivity index (χ4n) is 2.10. The van der Waals surface area contributed by atoms with Crippen molar-refractivity contribution in [2.24, 2.45) is 4.99 Å². The molecule has 1 aromatic heterocycles. The highest BCUT2D eigenvalue weighted by Crippen LogP contribution is 2.21. The van der Waals surface area contributed by atoms with Gasteiger partial charge in [-0.3, -0.25) is 15.1 Å². The third kappa shape index (κ3) is 4.18. The zero-order valence-electron chi connectivity index (χ0n) is 13.2. The van der Waals surface area contributed by atoms with Crippen LogP contribution in [0.4, 0.5) is 15.8 Å². The van der Waals surface area contributed by atoms with Gasteiger partial charge in [0.05, 0.1) is 16.8 Å². The topological polar surface area (TPSA) is 102 Å². The molecule has 0 fully saturated rings. The van der Waals surface area contributed by atoms with E-state index < -0.39 is 16.7 Å². The van der Waals surface area contributed by atoms with Gasteiger partial charge in [-0.15, -0.1) is 0 Å². The molecule has 0 saturated heterocycles. The second-order valence-corrected chi connectivity index (χ2v) is 5.17. The van der Waals surface area contributed by atoms with E-state index in [2.05, 4.69) is 9.98 Å². The zero-order chi connectivity index (χ0) is 18.5. The van der Waals surface area contributed by atoms with Gasteiger partial charge in [-0.05, 0) is 29.8 Å². The van der Waals surface area contributed by atoms with Crippen LogP contribution in [0.25, 0.3) is 12.2 Å². The quantitative estimate of drug-likeness (QED) is 0.417. The van der Waals surface area contributed by atoms with Crippen LogP contribution in [0.1, 0.15) is 17.1 Å². The van der Waals surface area contributed by atoms with E-state index in [0.717, 1.165) is 0 Å². The van der Waals surface area contributed by atoms with Crippen LogP contribution >= 0.6 is 0 Å². The Morgan fingerprint density at radius 1 is 1.19 bits per heavy atom. The number of aromatic nitrogens is 1. The molecule has 0 amide bonds. The molecule has 0 aliphatic carbocycles. The molecule has 1 heterocycles. The number of nitrogens with zero attached hydrogens (tertiary/aromatic N) is 3. The monoisotopic (exact) mass is 353 g/mol. The summed E-state index contributed by atoms with van der Waals surface area (Å²) in [5, 5.41) is 20.5. The maximum absolute atomic E-state index is 13.1. The number of rotatable bonds is 5. The molecule has 0 unspecified atom stereocenters. The molecule has 0 aliphatic heterocycles. The summed E-state index contributed by atoms with van der Waals surface area (Å²) in [6, 6.07) is 11.7. The average Bonchev–Trinajstić information content (AvgIpc) is 2.98. The molecule has 0 saturated carbocycles. The number of halogens is 1. The summed E-state index contributed by atoms with van der Waals surface area (Å²) >= 11 is 0. The van der Waals surface area contributed by atoms with E-state index in [1.807, 2.05) is 0 Å². The minimum Gasteiger partial charge on any atom is -0.479 e. The highest BCUT2D eigenvalue weighted by Gasteiger charge is 2.09. The molecular formula is C18H12FN3O4. The van der Waals surface area contributed by atoms with E-state index in [1.54, 1.807) is 24.3 Å². The molecule has 3 rings (SSSR count). The van der Waals surface area contributed by atoms with Crippen LogP contribution in [-0.4, -0.2) is 21.2 Å². The van der Waals surface area contributed by atoms with Gasteiger partial charge in [0.15, 0.2) is 5.69 Å². The summed E-state index contributed by atoms with van der Waals surface area (Å²) in [7, 11) is 0. The highest BCUT2D eigenvalue weighted by molar-refractivity contribution is 5.82. The van der Waals surface area contributed by atoms with Crippen molar-refractivity contribution in [1.29, 1.82) is 0 Å². The molecule has 26 heavy (non-hydrogen) atoms. The predicted molar refractivity (Wildman–Crippen MR) is 93.8 cm³/mol. The second kappa shape index (κ2) is 7.39. The van der Waals surface area contributed by atoms with Crippen molar-refractivity contribution in [2.45, 2.75) is 0 Å². The summed E-state index contributed by atoms with van der Waals surface area (Å²) in [6.45, 7) is 0. The minimum absolute atomic E-state index is 0.0367. The van der Waals surface area contributed by atoms with Crippen molar-refractivity contribution >= 4 is 29.7 Å². The number of hydrogen-bond acceptors (Lipinski definition) is 6. The first-order chi connectivity index (χ1) is 12.5. The van der Waals surface area contributed by atoms with Crippen molar-refractivity contribution in [3.8, 4) is 5.95 Å². The van der Waals surface area contributed by atoms with Crippen LogP contribution in [0.3, 0.4) is 0 Å². The van der Waals surface area contributed by atoms with Crippen LogP contribution < -0.4 is 0 Å². The van der Waals surface area contributed by atoms with Crippen molar-refractivity contribution in [3.63, 3.8) is 0 Å². The molecule has 7 nitrogen and oxygen atoms in total. The first-order valence-electron chi connectivity index (χ1n) is 7.43. The highest BCUT2D eigenvalue weighted by atomic mass is 19.1. The fraction of sp³-hybridized carbons (Fsp3) is 0. The maximum Gasteiger partial charge on any atom is 0.312 e. The third-order valence-electron chi connectivity index (χ3n) is 3.29. The van der Waals surface area contributed by atoms with E-state index in [4.69, 9.17) is 4.42 Å². The van der Waals surface area contributed by atoms with E-state index in [-0.39, 0.29) is 17.3 Å². The van der Waals surface area contributed by atoms with Crippen LogP contribution in [0.5, 0.6) is 5.95 Å². The van der Waals surface area contributed by atoms with Crippen molar-refractivity contribution in [2.75, 3.05) is 0 Å². The summed E-state index contributed by atoms with van der Waals surface area (Å²) in [5.74, 6) is -0.775. The smallest absolute Gasteiger partial charge is 0.312 e.